The van der Waals surface area contributed by atoms with E-state index in [1.54, 1.807) is 29.6 Å². The van der Waals surface area contributed by atoms with Crippen LogP contribution in [0.5, 0.6) is 0 Å². The van der Waals surface area contributed by atoms with E-state index in [0.29, 0.717) is 22.7 Å². The Morgan fingerprint density at radius 2 is 2.33 bits per heavy atom. The Morgan fingerprint density at radius 3 is 3.00 bits per heavy atom. The maximum atomic E-state index is 12.7. The minimum Gasteiger partial charge on any atom is -0.464 e. The molecule has 130 valence electrons. The van der Waals surface area contributed by atoms with Crippen LogP contribution in [0.25, 0.3) is 11.2 Å². The Labute approximate surface area is 148 Å². The number of hydrogen-bond donors (Lipinski definition) is 1. The lowest BCUT2D eigenvalue weighted by molar-refractivity contribution is -0.157. The van der Waals surface area contributed by atoms with Crippen LogP contribution in [-0.4, -0.2) is 60.6 Å². The van der Waals surface area contributed by atoms with Crippen LogP contribution in [0.3, 0.4) is 0 Å². The Kier molecular flexibility index (Phi) is 5.31. The van der Waals surface area contributed by atoms with Crippen LogP contribution >= 0.6 is 23.5 Å². The molecule has 1 saturated heterocycles. The van der Waals surface area contributed by atoms with E-state index in [9.17, 15) is 9.90 Å². The number of aromatic nitrogens is 4. The van der Waals surface area contributed by atoms with Gasteiger partial charge in [-0.1, -0.05) is 6.92 Å². The van der Waals surface area contributed by atoms with Gasteiger partial charge < -0.3 is 9.84 Å². The first-order chi connectivity index (χ1) is 11.6. The number of ether oxygens (including phenoxy) is 1. The summed E-state index contributed by atoms with van der Waals surface area (Å²) in [5.41, 5.74) is 0.0261. The summed E-state index contributed by atoms with van der Waals surface area (Å²) < 4.78 is 6.93. The van der Waals surface area contributed by atoms with Gasteiger partial charge in [-0.25, -0.2) is 19.7 Å². The number of hydrogen-bond acceptors (Lipinski definition) is 8. The van der Waals surface area contributed by atoms with Crippen molar-refractivity contribution in [2.24, 2.45) is 0 Å². The molecule has 24 heavy (non-hydrogen) atoms. The first kappa shape index (κ1) is 17.5. The molecular weight excluding hydrogens is 348 g/mol. The zero-order valence-electron chi connectivity index (χ0n) is 13.6. The Balaban J connectivity index is 2.11. The molecule has 0 spiro atoms. The van der Waals surface area contributed by atoms with Gasteiger partial charge in [0.1, 0.15) is 16.9 Å². The predicted molar refractivity (Wildman–Crippen MR) is 94.3 cm³/mol. The van der Waals surface area contributed by atoms with Gasteiger partial charge in [-0.15, -0.1) is 11.8 Å². The third-order valence-corrected chi connectivity index (χ3v) is 6.33. The van der Waals surface area contributed by atoms with Gasteiger partial charge in [0.25, 0.3) is 0 Å². The van der Waals surface area contributed by atoms with Crippen molar-refractivity contribution in [3.8, 4) is 0 Å². The summed E-state index contributed by atoms with van der Waals surface area (Å²) in [5, 5.41) is 11.4. The highest BCUT2D eigenvalue weighted by Crippen LogP contribution is 2.38. The van der Waals surface area contributed by atoms with E-state index in [2.05, 4.69) is 21.9 Å². The Hall–Kier alpha value is -1.32. The van der Waals surface area contributed by atoms with Crippen LogP contribution in [0.4, 0.5) is 0 Å². The molecule has 2 aromatic rings. The molecule has 2 atom stereocenters. The molecule has 0 saturated carbocycles. The normalized spacial score (nSPS) is 23.7. The number of imidazole rings is 1. The summed E-state index contributed by atoms with van der Waals surface area (Å²) in [4.78, 5) is 25.7. The van der Waals surface area contributed by atoms with Crippen LogP contribution in [0.15, 0.2) is 17.7 Å². The van der Waals surface area contributed by atoms with Crippen LogP contribution in [0.1, 0.15) is 20.3 Å². The SMILES string of the molecule is CCCSc1ncnc2c1ncn2C1(C(=O)OCC)CSCC1O. The highest BCUT2D eigenvalue weighted by atomic mass is 32.2. The first-order valence-corrected chi connectivity index (χ1v) is 10.0. The van der Waals surface area contributed by atoms with Gasteiger partial charge in [0, 0.05) is 11.5 Å². The fraction of sp³-hybridized carbons (Fsp3) is 0.600. The van der Waals surface area contributed by atoms with Crippen LogP contribution < -0.4 is 0 Å². The Morgan fingerprint density at radius 1 is 1.50 bits per heavy atom. The standard InChI is InChI=1S/C15H20N4O3S2/c1-3-5-24-13-11-12(16-8-17-13)19(9-18-11)15(14(21)22-4-2)7-23-6-10(15)20/h8-10,20H,3-7H2,1-2H3. The van der Waals surface area contributed by atoms with Gasteiger partial charge in [-0.2, -0.15) is 11.8 Å². The second-order valence-electron chi connectivity index (χ2n) is 5.49. The minimum absolute atomic E-state index is 0.261. The number of aliphatic hydroxyl groups excluding tert-OH is 1. The number of thioether (sulfide) groups is 2. The Bertz CT molecular complexity index is 739. The van der Waals surface area contributed by atoms with Crippen molar-refractivity contribution in [1.82, 2.24) is 19.5 Å². The predicted octanol–water partition coefficient (Wildman–Crippen LogP) is 1.69. The van der Waals surface area contributed by atoms with E-state index in [-0.39, 0.29) is 6.61 Å². The molecule has 0 bridgehead atoms. The fourth-order valence-electron chi connectivity index (χ4n) is 2.75. The van der Waals surface area contributed by atoms with E-state index < -0.39 is 17.6 Å². The third kappa shape index (κ3) is 2.78. The van der Waals surface area contributed by atoms with Gasteiger partial charge in [0.05, 0.1) is 19.0 Å². The molecule has 0 amide bonds. The molecule has 9 heteroatoms. The van der Waals surface area contributed by atoms with Gasteiger partial charge in [-0.3, -0.25) is 4.57 Å². The number of carbonyl (C=O) groups is 1. The topological polar surface area (TPSA) is 90.1 Å². The molecule has 2 aromatic heterocycles. The number of fused-ring (bicyclic) bond motifs is 1. The van der Waals surface area contributed by atoms with E-state index in [4.69, 9.17) is 4.74 Å². The van der Waals surface area contributed by atoms with Crippen LogP contribution in [0.2, 0.25) is 0 Å². The molecule has 3 heterocycles. The summed E-state index contributed by atoms with van der Waals surface area (Å²) in [7, 11) is 0. The maximum Gasteiger partial charge on any atom is 0.336 e. The van der Waals surface area contributed by atoms with E-state index in [1.165, 1.54) is 18.1 Å². The van der Waals surface area contributed by atoms with Gasteiger partial charge in [0.15, 0.2) is 11.2 Å². The summed E-state index contributed by atoms with van der Waals surface area (Å²) in [6.07, 6.45) is 3.23. The molecule has 1 aliphatic rings. The van der Waals surface area contributed by atoms with Gasteiger partial charge >= 0.3 is 5.97 Å². The van der Waals surface area contributed by atoms with Gasteiger partial charge in [-0.05, 0) is 19.1 Å². The zero-order valence-corrected chi connectivity index (χ0v) is 15.3. The smallest absolute Gasteiger partial charge is 0.336 e. The van der Waals surface area contributed by atoms with Crippen molar-refractivity contribution < 1.29 is 14.6 Å². The van der Waals surface area contributed by atoms with E-state index >= 15 is 0 Å². The second-order valence-corrected chi connectivity index (χ2v) is 7.60. The first-order valence-electron chi connectivity index (χ1n) is 7.89. The van der Waals surface area contributed by atoms with E-state index in [1.807, 2.05) is 0 Å². The number of esters is 1. The van der Waals surface area contributed by atoms with Crippen LogP contribution in [0, 0.1) is 0 Å². The van der Waals surface area contributed by atoms with Crippen molar-refractivity contribution >= 4 is 40.7 Å². The van der Waals surface area contributed by atoms with Crippen molar-refractivity contribution in [1.29, 1.82) is 0 Å². The molecule has 0 aromatic carbocycles. The van der Waals surface area contributed by atoms with Crippen LogP contribution in [-0.2, 0) is 15.1 Å². The van der Waals surface area contributed by atoms with Crippen molar-refractivity contribution in [3.05, 3.63) is 12.7 Å². The molecule has 0 aliphatic carbocycles. The highest BCUT2D eigenvalue weighted by molar-refractivity contribution is 7.99. The lowest BCUT2D eigenvalue weighted by Crippen LogP contribution is -2.51. The molecule has 1 aliphatic heterocycles. The zero-order chi connectivity index (χ0) is 17.2. The average Bonchev–Trinajstić information content (AvgIpc) is 3.17. The van der Waals surface area contributed by atoms with Crippen molar-refractivity contribution in [3.63, 3.8) is 0 Å². The summed E-state index contributed by atoms with van der Waals surface area (Å²) in [5.74, 6) is 1.39. The summed E-state index contributed by atoms with van der Waals surface area (Å²) >= 11 is 3.13. The second kappa shape index (κ2) is 7.28. The van der Waals surface area contributed by atoms with Crippen molar-refractivity contribution in [2.75, 3.05) is 23.9 Å². The summed E-state index contributed by atoms with van der Waals surface area (Å²) in [6, 6.07) is 0. The monoisotopic (exact) mass is 368 g/mol. The minimum atomic E-state index is -1.18. The average molecular weight is 368 g/mol. The van der Waals surface area contributed by atoms with Crippen molar-refractivity contribution in [2.45, 2.75) is 36.9 Å². The maximum absolute atomic E-state index is 12.7. The largest absolute Gasteiger partial charge is 0.464 e. The molecular formula is C15H20N4O3S2. The number of rotatable bonds is 6. The molecule has 1 N–H and O–H groups in total. The molecule has 7 nitrogen and oxygen atoms in total. The third-order valence-electron chi connectivity index (χ3n) is 3.95. The lowest BCUT2D eigenvalue weighted by atomic mass is 9.95. The number of aliphatic hydroxyl groups is 1. The van der Waals surface area contributed by atoms with Gasteiger partial charge in [0.2, 0.25) is 0 Å². The molecule has 3 rings (SSSR count). The highest BCUT2D eigenvalue weighted by Gasteiger charge is 2.53. The molecule has 0 radical (unpaired) electrons. The molecule has 1 fully saturated rings. The van der Waals surface area contributed by atoms with E-state index in [0.717, 1.165) is 17.2 Å². The molecule has 2 unspecified atom stereocenters. The lowest BCUT2D eigenvalue weighted by Gasteiger charge is -2.30. The number of nitrogens with zero attached hydrogens (tertiary/aromatic N) is 4. The quantitative estimate of drug-likeness (QED) is 0.468. The number of carbonyl (C=O) groups excluding carboxylic acids is 1. The summed E-state index contributed by atoms with van der Waals surface area (Å²) in [6.45, 7) is 4.12. The fourth-order valence-corrected chi connectivity index (χ4v) is 4.93.